The monoisotopic (exact) mass is 448 g/mol. The first-order valence-electron chi connectivity index (χ1n) is 9.41. The van der Waals surface area contributed by atoms with Crippen LogP contribution in [0, 0.1) is 0 Å². The van der Waals surface area contributed by atoms with Gasteiger partial charge in [0.25, 0.3) is 5.91 Å². The molecular weight excluding hydrogens is 425 g/mol. The van der Waals surface area contributed by atoms with Crippen LogP contribution in [0.3, 0.4) is 0 Å². The van der Waals surface area contributed by atoms with Gasteiger partial charge in [0, 0.05) is 18.7 Å². The first kappa shape index (κ1) is 23.8. The Morgan fingerprint density at radius 2 is 1.63 bits per heavy atom. The van der Waals surface area contributed by atoms with Gasteiger partial charge in [0.15, 0.2) is 0 Å². The topological polar surface area (TPSA) is 105 Å². The zero-order chi connectivity index (χ0) is 22.4. The van der Waals surface area contributed by atoms with Gasteiger partial charge in [0.1, 0.15) is 0 Å². The summed E-state index contributed by atoms with van der Waals surface area (Å²) in [4.78, 5) is 12.2. The molecule has 1 aromatic carbocycles. The maximum atomic E-state index is 12.9. The molecule has 2 aromatic rings. The lowest BCUT2D eigenvalue weighted by atomic mass is 10.2. The third-order valence-electron chi connectivity index (χ3n) is 4.16. The van der Waals surface area contributed by atoms with Crippen LogP contribution in [0.1, 0.15) is 55.8 Å². The van der Waals surface area contributed by atoms with Crippen molar-refractivity contribution in [1.82, 2.24) is 14.5 Å². The third-order valence-corrected chi connectivity index (χ3v) is 6.08. The highest BCUT2D eigenvalue weighted by Gasteiger charge is 2.38. The Morgan fingerprint density at radius 1 is 1.07 bits per heavy atom. The number of rotatable bonds is 10. The van der Waals surface area contributed by atoms with Gasteiger partial charge in [-0.05, 0) is 37.1 Å². The summed E-state index contributed by atoms with van der Waals surface area (Å²) in [5.41, 5.74) is 0.0226. The number of halogens is 3. The summed E-state index contributed by atoms with van der Waals surface area (Å²) in [7, 11) is -3.72. The standard InChI is InChI=1S/C18H23F3N4O4S/c1-3-5-11-25(12-6-4-2)30(27,28)14-9-7-13(8-10-14)15(26)22-17-24-23-16(29-17)18(19,20)21/h7-10H,3-6,11-12H2,1-2H3,(H,22,24,26). The van der Waals surface area contributed by atoms with Crippen molar-refractivity contribution in [3.05, 3.63) is 35.7 Å². The lowest BCUT2D eigenvalue weighted by Crippen LogP contribution is -2.33. The van der Waals surface area contributed by atoms with Crippen LogP contribution in [-0.2, 0) is 16.2 Å². The highest BCUT2D eigenvalue weighted by atomic mass is 32.2. The Bertz CT molecular complexity index is 935. The van der Waals surface area contributed by atoms with E-state index in [1.165, 1.54) is 28.6 Å². The molecule has 0 atom stereocenters. The second-order valence-corrected chi connectivity index (χ2v) is 8.44. The molecule has 12 heteroatoms. The Morgan fingerprint density at radius 3 is 2.10 bits per heavy atom. The van der Waals surface area contributed by atoms with Gasteiger partial charge in [0.2, 0.25) is 10.0 Å². The smallest absolute Gasteiger partial charge is 0.399 e. The molecule has 0 aliphatic rings. The minimum absolute atomic E-state index is 0.0226. The first-order valence-corrected chi connectivity index (χ1v) is 10.9. The number of carbonyl (C=O) groups is 1. The van der Waals surface area contributed by atoms with E-state index in [1.54, 1.807) is 0 Å². The van der Waals surface area contributed by atoms with Crippen LogP contribution in [0.4, 0.5) is 19.2 Å². The van der Waals surface area contributed by atoms with E-state index in [1.807, 2.05) is 19.2 Å². The maximum Gasteiger partial charge on any atom is 0.470 e. The number of nitrogens with one attached hydrogen (secondary N) is 1. The summed E-state index contributed by atoms with van der Waals surface area (Å²) in [5, 5.41) is 7.97. The van der Waals surface area contributed by atoms with Crippen LogP contribution in [0.5, 0.6) is 0 Å². The van der Waals surface area contributed by atoms with Crippen molar-refractivity contribution in [3.8, 4) is 0 Å². The van der Waals surface area contributed by atoms with E-state index in [4.69, 9.17) is 0 Å². The van der Waals surface area contributed by atoms with Crippen molar-refractivity contribution < 1.29 is 30.8 Å². The summed E-state index contributed by atoms with van der Waals surface area (Å²) in [5.74, 6) is -2.40. The SMILES string of the molecule is CCCCN(CCCC)S(=O)(=O)c1ccc(C(=O)Nc2nnc(C(F)(F)F)o2)cc1. The van der Waals surface area contributed by atoms with Crippen LogP contribution >= 0.6 is 0 Å². The molecule has 0 saturated carbocycles. The number of anilines is 1. The summed E-state index contributed by atoms with van der Waals surface area (Å²) in [6.45, 7) is 4.75. The summed E-state index contributed by atoms with van der Waals surface area (Å²) in [6, 6.07) is 4.38. The Labute approximate surface area is 172 Å². The van der Waals surface area contributed by atoms with Gasteiger partial charge in [-0.25, -0.2) is 8.42 Å². The quantitative estimate of drug-likeness (QED) is 0.590. The van der Waals surface area contributed by atoms with Crippen LogP contribution < -0.4 is 5.32 Å². The molecule has 1 amide bonds. The molecule has 166 valence electrons. The maximum absolute atomic E-state index is 12.9. The number of hydrogen-bond acceptors (Lipinski definition) is 6. The highest BCUT2D eigenvalue weighted by Crippen LogP contribution is 2.28. The third kappa shape index (κ3) is 6.02. The van der Waals surface area contributed by atoms with Crippen molar-refractivity contribution in [3.63, 3.8) is 0 Å². The van der Waals surface area contributed by atoms with E-state index >= 15 is 0 Å². The molecule has 1 N–H and O–H groups in total. The number of nitrogens with zero attached hydrogens (tertiary/aromatic N) is 3. The molecular formula is C18H23F3N4O4S. The number of aromatic nitrogens is 2. The predicted octanol–water partition coefficient (Wildman–Crippen LogP) is 3.93. The van der Waals surface area contributed by atoms with Crippen molar-refractivity contribution in [1.29, 1.82) is 0 Å². The molecule has 0 aliphatic carbocycles. The number of benzene rings is 1. The lowest BCUT2D eigenvalue weighted by molar-refractivity contribution is -0.156. The first-order chi connectivity index (χ1) is 14.1. The average Bonchev–Trinajstić information content (AvgIpc) is 3.17. The van der Waals surface area contributed by atoms with Crippen molar-refractivity contribution in [2.75, 3.05) is 18.4 Å². The van der Waals surface area contributed by atoms with Gasteiger partial charge in [0.05, 0.1) is 4.90 Å². The summed E-state index contributed by atoms with van der Waals surface area (Å²) < 4.78 is 69.0. The van der Waals surface area contributed by atoms with E-state index in [0.29, 0.717) is 13.1 Å². The molecule has 0 bridgehead atoms. The minimum atomic E-state index is -4.83. The number of carbonyl (C=O) groups excluding carboxylic acids is 1. The number of sulfonamides is 1. The fraction of sp³-hybridized carbons (Fsp3) is 0.500. The normalized spacial score (nSPS) is 12.3. The van der Waals surface area contributed by atoms with Gasteiger partial charge >= 0.3 is 18.1 Å². The molecule has 0 unspecified atom stereocenters. The Balaban J connectivity index is 2.13. The molecule has 0 radical (unpaired) electrons. The Hall–Kier alpha value is -2.47. The van der Waals surface area contributed by atoms with E-state index in [9.17, 15) is 26.4 Å². The number of hydrogen-bond donors (Lipinski definition) is 1. The van der Waals surface area contributed by atoms with Crippen LogP contribution in [-0.4, -0.2) is 41.9 Å². The summed E-state index contributed by atoms with van der Waals surface area (Å²) >= 11 is 0. The molecule has 8 nitrogen and oxygen atoms in total. The highest BCUT2D eigenvalue weighted by molar-refractivity contribution is 7.89. The van der Waals surface area contributed by atoms with Gasteiger partial charge < -0.3 is 4.42 Å². The lowest BCUT2D eigenvalue weighted by Gasteiger charge is -2.22. The number of amides is 1. The fourth-order valence-electron chi connectivity index (χ4n) is 2.51. The predicted molar refractivity (Wildman–Crippen MR) is 102 cm³/mol. The largest absolute Gasteiger partial charge is 0.470 e. The van der Waals surface area contributed by atoms with Crippen molar-refractivity contribution in [2.45, 2.75) is 50.6 Å². The van der Waals surface area contributed by atoms with Gasteiger partial charge in [-0.2, -0.15) is 17.5 Å². The molecule has 0 fully saturated rings. The molecule has 0 aliphatic heterocycles. The van der Waals surface area contributed by atoms with E-state index in [2.05, 4.69) is 14.6 Å². The molecule has 1 heterocycles. The average molecular weight is 448 g/mol. The molecule has 2 rings (SSSR count). The van der Waals surface area contributed by atoms with Crippen LogP contribution in [0.2, 0.25) is 0 Å². The van der Waals surface area contributed by atoms with Gasteiger partial charge in [-0.1, -0.05) is 31.8 Å². The molecule has 1 aromatic heterocycles. The second kappa shape index (κ2) is 10.0. The molecule has 30 heavy (non-hydrogen) atoms. The summed E-state index contributed by atoms with van der Waals surface area (Å²) in [6.07, 6.45) is -1.67. The van der Waals surface area contributed by atoms with Crippen molar-refractivity contribution in [2.24, 2.45) is 0 Å². The number of unbranched alkanes of at least 4 members (excludes halogenated alkanes) is 2. The van der Waals surface area contributed by atoms with Gasteiger partial charge in [-0.3, -0.25) is 10.1 Å². The Kier molecular flexibility index (Phi) is 7.96. The van der Waals surface area contributed by atoms with Crippen molar-refractivity contribution >= 4 is 21.9 Å². The van der Waals surface area contributed by atoms with E-state index < -0.39 is 34.0 Å². The second-order valence-electron chi connectivity index (χ2n) is 6.50. The van der Waals surface area contributed by atoms with Crippen LogP contribution in [0.25, 0.3) is 0 Å². The molecule has 0 spiro atoms. The zero-order valence-corrected chi connectivity index (χ0v) is 17.4. The van der Waals surface area contributed by atoms with E-state index in [0.717, 1.165) is 25.7 Å². The zero-order valence-electron chi connectivity index (χ0n) is 16.6. The molecule has 0 saturated heterocycles. The minimum Gasteiger partial charge on any atom is -0.399 e. The van der Waals surface area contributed by atoms with Crippen LogP contribution in [0.15, 0.2) is 33.6 Å². The van der Waals surface area contributed by atoms with Gasteiger partial charge in [-0.15, -0.1) is 5.10 Å². The van der Waals surface area contributed by atoms with E-state index in [-0.39, 0.29) is 10.5 Å². The fourth-order valence-corrected chi connectivity index (χ4v) is 4.02. The number of alkyl halides is 3.